The molecule has 0 saturated carbocycles. The second-order valence-corrected chi connectivity index (χ2v) is 4.49. The minimum atomic E-state index is -0.434. The first-order valence-corrected chi connectivity index (χ1v) is 6.33. The lowest BCUT2D eigenvalue weighted by atomic mass is 10.1. The average molecular weight is 283 g/mol. The van der Waals surface area contributed by atoms with Crippen molar-refractivity contribution in [1.82, 2.24) is 10.6 Å². The van der Waals surface area contributed by atoms with Crippen LogP contribution in [0.25, 0.3) is 0 Å². The van der Waals surface area contributed by atoms with Gasteiger partial charge in [0.2, 0.25) is 0 Å². The van der Waals surface area contributed by atoms with Crippen molar-refractivity contribution in [2.45, 2.75) is 25.9 Å². The second kappa shape index (κ2) is 7.02. The van der Waals surface area contributed by atoms with Crippen LogP contribution in [-0.2, 0) is 0 Å². The largest absolute Gasteiger partial charge is 0.397 e. The number of amides is 2. The molecule has 0 aliphatic rings. The zero-order chi connectivity index (χ0) is 16.0. The van der Waals surface area contributed by atoms with Gasteiger partial charge in [0.1, 0.15) is 0 Å². The third-order valence-corrected chi connectivity index (χ3v) is 2.79. The Labute approximate surface area is 124 Å². The lowest BCUT2D eigenvalue weighted by Gasteiger charge is -2.13. The van der Waals surface area contributed by atoms with Crippen LogP contribution in [0.1, 0.15) is 34.6 Å². The fourth-order valence-electron chi connectivity index (χ4n) is 1.59. The molecule has 2 atom stereocenters. The van der Waals surface area contributed by atoms with E-state index >= 15 is 0 Å². The molecule has 5 nitrogen and oxygen atoms in total. The van der Waals surface area contributed by atoms with Gasteiger partial charge < -0.3 is 16.4 Å². The Kier molecular flexibility index (Phi) is 5.39. The Morgan fingerprint density at radius 2 is 1.43 bits per heavy atom. The van der Waals surface area contributed by atoms with E-state index in [4.69, 9.17) is 18.6 Å². The van der Waals surface area contributed by atoms with E-state index < -0.39 is 23.9 Å². The number of para-hydroxylation sites is 1. The number of carbonyl (C=O) groups is 2. The number of carbonyl (C=O) groups excluding carboxylic acids is 2. The van der Waals surface area contributed by atoms with Gasteiger partial charge in [0.25, 0.3) is 11.8 Å². The van der Waals surface area contributed by atoms with Crippen LogP contribution in [0.4, 0.5) is 5.69 Å². The molecule has 0 fully saturated rings. The SMILES string of the molecule is C#C[C@@H](C)NC(=O)c1cccc(C(=O)N[C@@H](C)C#C)c1N. The van der Waals surface area contributed by atoms with Crippen LogP contribution < -0.4 is 16.4 Å². The molecule has 0 radical (unpaired) electrons. The highest BCUT2D eigenvalue weighted by molar-refractivity contribution is 6.07. The molecular weight excluding hydrogens is 266 g/mol. The highest BCUT2D eigenvalue weighted by Gasteiger charge is 2.18. The van der Waals surface area contributed by atoms with Crippen LogP contribution in [0.15, 0.2) is 18.2 Å². The average Bonchev–Trinajstić information content (AvgIpc) is 2.46. The number of nitrogens with one attached hydrogen (secondary N) is 2. The molecule has 0 spiro atoms. The first-order valence-electron chi connectivity index (χ1n) is 6.33. The fraction of sp³-hybridized carbons (Fsp3) is 0.250. The Hall–Kier alpha value is -2.92. The Morgan fingerprint density at radius 3 is 1.76 bits per heavy atom. The Bertz CT molecular complexity index is 586. The van der Waals surface area contributed by atoms with Crippen molar-refractivity contribution in [2.75, 3.05) is 5.73 Å². The van der Waals surface area contributed by atoms with E-state index in [9.17, 15) is 9.59 Å². The molecule has 0 unspecified atom stereocenters. The van der Waals surface area contributed by atoms with Crippen molar-refractivity contribution in [2.24, 2.45) is 0 Å². The summed E-state index contributed by atoms with van der Waals surface area (Å²) in [5, 5.41) is 5.17. The summed E-state index contributed by atoms with van der Waals surface area (Å²) >= 11 is 0. The van der Waals surface area contributed by atoms with Crippen LogP contribution >= 0.6 is 0 Å². The minimum Gasteiger partial charge on any atom is -0.397 e. The van der Waals surface area contributed by atoms with Gasteiger partial charge in [0.15, 0.2) is 0 Å². The molecule has 0 saturated heterocycles. The van der Waals surface area contributed by atoms with Crippen molar-refractivity contribution in [1.29, 1.82) is 0 Å². The zero-order valence-electron chi connectivity index (χ0n) is 11.9. The van der Waals surface area contributed by atoms with Gasteiger partial charge >= 0.3 is 0 Å². The topological polar surface area (TPSA) is 84.2 Å². The van der Waals surface area contributed by atoms with Crippen molar-refractivity contribution in [3.05, 3.63) is 29.3 Å². The van der Waals surface area contributed by atoms with E-state index in [2.05, 4.69) is 22.5 Å². The van der Waals surface area contributed by atoms with Gasteiger partial charge in [-0.05, 0) is 26.0 Å². The first kappa shape index (κ1) is 16.1. The van der Waals surface area contributed by atoms with E-state index in [1.807, 2.05) is 0 Å². The summed E-state index contributed by atoms with van der Waals surface area (Å²) in [7, 11) is 0. The van der Waals surface area contributed by atoms with E-state index in [-0.39, 0.29) is 16.8 Å². The Balaban J connectivity index is 3.04. The van der Waals surface area contributed by atoms with Crippen molar-refractivity contribution < 1.29 is 9.59 Å². The fourth-order valence-corrected chi connectivity index (χ4v) is 1.59. The zero-order valence-corrected chi connectivity index (χ0v) is 11.9. The maximum absolute atomic E-state index is 12.0. The minimum absolute atomic E-state index is 0.0842. The van der Waals surface area contributed by atoms with Gasteiger partial charge in [-0.2, -0.15) is 0 Å². The maximum Gasteiger partial charge on any atom is 0.254 e. The van der Waals surface area contributed by atoms with E-state index in [1.54, 1.807) is 19.9 Å². The lowest BCUT2D eigenvalue weighted by molar-refractivity contribution is 0.0947. The van der Waals surface area contributed by atoms with E-state index in [1.165, 1.54) is 12.1 Å². The van der Waals surface area contributed by atoms with Crippen LogP contribution in [0, 0.1) is 24.7 Å². The number of nitrogens with two attached hydrogens (primary N) is 1. The number of rotatable bonds is 4. The highest BCUT2D eigenvalue weighted by atomic mass is 16.2. The quantitative estimate of drug-likeness (QED) is 0.564. The summed E-state index contributed by atoms with van der Waals surface area (Å²) in [6.07, 6.45) is 10.4. The molecule has 1 aromatic rings. The summed E-state index contributed by atoms with van der Waals surface area (Å²) < 4.78 is 0. The standard InChI is InChI=1S/C16H17N3O2/c1-5-10(3)18-15(20)12-8-7-9-13(14(12)17)16(21)19-11(4)6-2/h1-2,7-11H,17H2,3-4H3,(H,18,20)(H,19,21)/t10-,11+. The summed E-state index contributed by atoms with van der Waals surface area (Å²) in [6, 6.07) is 3.75. The lowest BCUT2D eigenvalue weighted by Crippen LogP contribution is -2.34. The second-order valence-electron chi connectivity index (χ2n) is 4.49. The van der Waals surface area contributed by atoms with Gasteiger partial charge in [0.05, 0.1) is 28.9 Å². The number of benzene rings is 1. The number of anilines is 1. The number of hydrogen-bond donors (Lipinski definition) is 3. The Morgan fingerprint density at radius 1 is 1.05 bits per heavy atom. The number of hydrogen-bond acceptors (Lipinski definition) is 3. The van der Waals surface area contributed by atoms with Crippen molar-refractivity contribution in [3.8, 4) is 24.7 Å². The molecule has 21 heavy (non-hydrogen) atoms. The molecule has 0 bridgehead atoms. The van der Waals surface area contributed by atoms with Gasteiger partial charge in [0, 0.05) is 0 Å². The normalized spacial score (nSPS) is 12.4. The van der Waals surface area contributed by atoms with Gasteiger partial charge in [-0.3, -0.25) is 9.59 Å². The summed E-state index contributed by atoms with van der Waals surface area (Å²) in [5.41, 5.74) is 6.36. The van der Waals surface area contributed by atoms with Crippen molar-refractivity contribution in [3.63, 3.8) is 0 Å². The summed E-state index contributed by atoms with van der Waals surface area (Å²) in [6.45, 7) is 3.33. The highest BCUT2D eigenvalue weighted by Crippen LogP contribution is 2.18. The van der Waals surface area contributed by atoms with Gasteiger partial charge in [-0.1, -0.05) is 17.9 Å². The van der Waals surface area contributed by atoms with Crippen LogP contribution in [-0.4, -0.2) is 23.9 Å². The van der Waals surface area contributed by atoms with Gasteiger partial charge in [-0.15, -0.1) is 12.8 Å². The molecule has 2 amide bonds. The molecular formula is C16H17N3O2. The van der Waals surface area contributed by atoms with E-state index in [0.717, 1.165) is 0 Å². The number of terminal acetylenes is 2. The van der Waals surface area contributed by atoms with Crippen LogP contribution in [0.3, 0.4) is 0 Å². The molecule has 1 rings (SSSR count). The monoisotopic (exact) mass is 283 g/mol. The molecule has 4 N–H and O–H groups in total. The van der Waals surface area contributed by atoms with Crippen molar-refractivity contribution >= 4 is 17.5 Å². The molecule has 1 aromatic carbocycles. The predicted molar refractivity (Wildman–Crippen MR) is 82.4 cm³/mol. The molecule has 108 valence electrons. The summed E-state index contributed by atoms with van der Waals surface area (Å²) in [5.74, 6) is 3.90. The molecule has 0 aliphatic carbocycles. The van der Waals surface area contributed by atoms with Gasteiger partial charge in [-0.25, -0.2) is 0 Å². The van der Waals surface area contributed by atoms with E-state index in [0.29, 0.717) is 0 Å². The molecule has 0 heterocycles. The maximum atomic E-state index is 12.0. The third-order valence-electron chi connectivity index (χ3n) is 2.79. The smallest absolute Gasteiger partial charge is 0.254 e. The molecule has 0 aliphatic heterocycles. The van der Waals surface area contributed by atoms with Crippen LogP contribution in [0.5, 0.6) is 0 Å². The molecule has 0 aromatic heterocycles. The predicted octanol–water partition coefficient (Wildman–Crippen LogP) is 0.772. The summed E-state index contributed by atoms with van der Waals surface area (Å²) in [4.78, 5) is 24.1. The third kappa shape index (κ3) is 4.02. The van der Waals surface area contributed by atoms with Crippen LogP contribution in [0.2, 0.25) is 0 Å². The number of nitrogen functional groups attached to an aromatic ring is 1. The molecule has 5 heteroatoms. The first-order chi connectivity index (χ1) is 9.90.